The number of nitrogens with two attached hydrogens (primary N) is 1. The molecule has 0 bridgehead atoms. The van der Waals surface area contributed by atoms with Gasteiger partial charge in [-0.3, -0.25) is 4.79 Å². The van der Waals surface area contributed by atoms with Crippen LogP contribution in [0.25, 0.3) is 0 Å². The van der Waals surface area contributed by atoms with Crippen molar-refractivity contribution >= 4 is 33.9 Å². The van der Waals surface area contributed by atoms with Crippen LogP contribution in [0.4, 0.5) is 16.6 Å². The molecule has 1 fully saturated rings. The number of nitrogen functional groups attached to an aromatic ring is 1. The molecule has 0 saturated heterocycles. The number of hydrogen-bond acceptors (Lipinski definition) is 7. The maximum Gasteiger partial charge on any atom is 0.269 e. The molecule has 7 nitrogen and oxygen atoms in total. The van der Waals surface area contributed by atoms with Crippen molar-refractivity contribution in [2.75, 3.05) is 16.4 Å². The van der Waals surface area contributed by atoms with Crippen LogP contribution in [-0.2, 0) is 0 Å². The molecule has 0 unspecified atom stereocenters. The van der Waals surface area contributed by atoms with Crippen LogP contribution in [0.3, 0.4) is 0 Å². The first-order valence-corrected chi connectivity index (χ1v) is 6.63. The minimum absolute atomic E-state index is 0.238. The fourth-order valence-corrected chi connectivity index (χ4v) is 2.37. The summed E-state index contributed by atoms with van der Waals surface area (Å²) < 4.78 is 0. The molecule has 98 valence electrons. The number of thiazole rings is 1. The van der Waals surface area contributed by atoms with Gasteiger partial charge < -0.3 is 16.4 Å². The molecule has 2 heterocycles. The zero-order valence-corrected chi connectivity index (χ0v) is 10.8. The van der Waals surface area contributed by atoms with E-state index in [1.54, 1.807) is 0 Å². The van der Waals surface area contributed by atoms with Gasteiger partial charge in [0.25, 0.3) is 5.91 Å². The lowest BCUT2D eigenvalue weighted by atomic mass is 10.4. The van der Waals surface area contributed by atoms with Crippen molar-refractivity contribution in [2.45, 2.75) is 18.9 Å². The van der Waals surface area contributed by atoms with E-state index in [9.17, 15) is 4.79 Å². The highest BCUT2D eigenvalue weighted by molar-refractivity contribution is 7.18. The highest BCUT2D eigenvalue weighted by atomic mass is 32.1. The van der Waals surface area contributed by atoms with E-state index in [1.807, 2.05) is 0 Å². The Morgan fingerprint density at radius 3 is 2.79 bits per heavy atom. The van der Waals surface area contributed by atoms with Gasteiger partial charge in [0.2, 0.25) is 0 Å². The molecule has 0 aliphatic heterocycles. The average Bonchev–Trinajstić information content (AvgIpc) is 3.13. The molecule has 0 aromatic carbocycles. The van der Waals surface area contributed by atoms with Crippen LogP contribution in [0.2, 0.25) is 0 Å². The van der Waals surface area contributed by atoms with Gasteiger partial charge in [0.1, 0.15) is 17.0 Å². The van der Waals surface area contributed by atoms with Gasteiger partial charge in [0.15, 0.2) is 5.13 Å². The summed E-state index contributed by atoms with van der Waals surface area (Å²) in [7, 11) is 0. The summed E-state index contributed by atoms with van der Waals surface area (Å²) in [6.07, 6.45) is 6.72. The molecular formula is C11H12N6OS. The molecule has 1 saturated carbocycles. The summed E-state index contributed by atoms with van der Waals surface area (Å²) in [5.41, 5.74) is 6.28. The van der Waals surface area contributed by atoms with E-state index in [2.05, 4.69) is 25.6 Å². The molecule has 8 heteroatoms. The van der Waals surface area contributed by atoms with Crippen molar-refractivity contribution in [2.24, 2.45) is 0 Å². The second-order valence-electron chi connectivity index (χ2n) is 4.23. The highest BCUT2D eigenvalue weighted by Gasteiger charge is 2.24. The van der Waals surface area contributed by atoms with Crippen molar-refractivity contribution < 1.29 is 4.79 Å². The van der Waals surface area contributed by atoms with Crippen LogP contribution in [0, 0.1) is 0 Å². The summed E-state index contributed by atoms with van der Waals surface area (Å²) >= 11 is 1.26. The van der Waals surface area contributed by atoms with E-state index >= 15 is 0 Å². The Morgan fingerprint density at radius 1 is 1.37 bits per heavy atom. The van der Waals surface area contributed by atoms with Crippen molar-refractivity contribution in [3.8, 4) is 0 Å². The molecule has 1 aliphatic rings. The quantitative estimate of drug-likeness (QED) is 0.778. The van der Waals surface area contributed by atoms with Crippen LogP contribution in [0.15, 0.2) is 18.7 Å². The number of carbonyl (C=O) groups is 1. The normalized spacial score (nSPS) is 14.1. The molecule has 0 atom stereocenters. The fraction of sp³-hybridized carbons (Fsp3) is 0.273. The van der Waals surface area contributed by atoms with Crippen LogP contribution < -0.4 is 16.4 Å². The first kappa shape index (κ1) is 11.8. The largest absolute Gasteiger partial charge is 0.382 e. The number of nitrogens with zero attached hydrogens (tertiary/aromatic N) is 3. The second kappa shape index (κ2) is 4.81. The second-order valence-corrected chi connectivity index (χ2v) is 5.23. The molecule has 0 radical (unpaired) electrons. The lowest BCUT2D eigenvalue weighted by molar-refractivity contribution is 0.103. The van der Waals surface area contributed by atoms with Crippen molar-refractivity contribution in [1.82, 2.24) is 15.0 Å². The van der Waals surface area contributed by atoms with Gasteiger partial charge in [0, 0.05) is 6.04 Å². The molecule has 4 N–H and O–H groups in total. The topological polar surface area (TPSA) is 106 Å². The SMILES string of the molecule is Nc1nc(NC2CC2)sc1C(=O)Nc1cncnc1. The van der Waals surface area contributed by atoms with Gasteiger partial charge in [-0.1, -0.05) is 11.3 Å². The first-order valence-electron chi connectivity index (χ1n) is 5.81. The van der Waals surface area contributed by atoms with E-state index in [0.717, 1.165) is 12.8 Å². The Hall–Kier alpha value is -2.22. The number of rotatable bonds is 4. The van der Waals surface area contributed by atoms with Crippen molar-refractivity contribution in [3.63, 3.8) is 0 Å². The zero-order chi connectivity index (χ0) is 13.2. The summed E-state index contributed by atoms with van der Waals surface area (Å²) in [6, 6.07) is 0.476. The number of aromatic nitrogens is 3. The average molecular weight is 276 g/mol. The van der Waals surface area contributed by atoms with Gasteiger partial charge in [-0.25, -0.2) is 15.0 Å². The van der Waals surface area contributed by atoms with Gasteiger partial charge in [-0.05, 0) is 12.8 Å². The molecule has 1 aliphatic carbocycles. The van der Waals surface area contributed by atoms with Gasteiger partial charge in [0.05, 0.1) is 18.1 Å². The summed E-state index contributed by atoms with van der Waals surface area (Å²) in [6.45, 7) is 0. The molecule has 1 amide bonds. The Balaban J connectivity index is 1.73. The lowest BCUT2D eigenvalue weighted by Crippen LogP contribution is -2.12. The predicted molar refractivity (Wildman–Crippen MR) is 73.2 cm³/mol. The van der Waals surface area contributed by atoms with Gasteiger partial charge in [-0.2, -0.15) is 0 Å². The van der Waals surface area contributed by atoms with E-state index < -0.39 is 0 Å². The molecular weight excluding hydrogens is 264 g/mol. The van der Waals surface area contributed by atoms with E-state index in [-0.39, 0.29) is 11.7 Å². The number of carbonyl (C=O) groups excluding carboxylic acids is 1. The monoisotopic (exact) mass is 276 g/mol. The van der Waals surface area contributed by atoms with E-state index in [1.165, 1.54) is 30.1 Å². The molecule has 19 heavy (non-hydrogen) atoms. The standard InChI is InChI=1S/C11H12N6OS/c12-9-8(19-11(17-9)16-6-1-2-6)10(18)15-7-3-13-5-14-4-7/h3-6H,1-2,12H2,(H,15,18)(H,16,17). The minimum Gasteiger partial charge on any atom is -0.382 e. The van der Waals surface area contributed by atoms with Crippen molar-refractivity contribution in [3.05, 3.63) is 23.6 Å². The third kappa shape index (κ3) is 2.79. The predicted octanol–water partition coefficient (Wildman–Crippen LogP) is 1.34. The summed E-state index contributed by atoms with van der Waals surface area (Å²) in [4.78, 5) is 24.2. The zero-order valence-electron chi connectivity index (χ0n) is 9.96. The number of anilines is 3. The Morgan fingerprint density at radius 2 is 2.11 bits per heavy atom. The fourth-order valence-electron chi connectivity index (χ4n) is 1.51. The van der Waals surface area contributed by atoms with E-state index in [0.29, 0.717) is 21.7 Å². The smallest absolute Gasteiger partial charge is 0.269 e. The third-order valence-corrected chi connectivity index (χ3v) is 3.58. The number of hydrogen-bond donors (Lipinski definition) is 3. The molecule has 3 rings (SSSR count). The lowest BCUT2D eigenvalue weighted by Gasteiger charge is -2.01. The number of amides is 1. The maximum atomic E-state index is 12.0. The van der Waals surface area contributed by atoms with Gasteiger partial charge in [-0.15, -0.1) is 0 Å². The van der Waals surface area contributed by atoms with Crippen LogP contribution in [0.1, 0.15) is 22.5 Å². The minimum atomic E-state index is -0.298. The summed E-state index contributed by atoms with van der Waals surface area (Å²) in [5.74, 6) is -0.0591. The number of nitrogens with one attached hydrogen (secondary N) is 2. The van der Waals surface area contributed by atoms with Crippen molar-refractivity contribution in [1.29, 1.82) is 0 Å². The van der Waals surface area contributed by atoms with Crippen LogP contribution in [0.5, 0.6) is 0 Å². The maximum absolute atomic E-state index is 12.0. The van der Waals surface area contributed by atoms with Gasteiger partial charge >= 0.3 is 0 Å². The Bertz CT molecular complexity index is 594. The molecule has 2 aromatic heterocycles. The van der Waals surface area contributed by atoms with E-state index in [4.69, 9.17) is 5.73 Å². The third-order valence-electron chi connectivity index (χ3n) is 2.58. The van der Waals surface area contributed by atoms with Crippen LogP contribution in [-0.4, -0.2) is 26.9 Å². The summed E-state index contributed by atoms with van der Waals surface area (Å²) in [5, 5.41) is 6.59. The Kier molecular flexibility index (Phi) is 3.00. The first-order chi connectivity index (χ1) is 9.22. The Labute approximate surface area is 113 Å². The molecule has 0 spiro atoms. The molecule has 2 aromatic rings. The van der Waals surface area contributed by atoms with Crippen LogP contribution >= 0.6 is 11.3 Å². The highest BCUT2D eigenvalue weighted by Crippen LogP contribution is 2.30.